The summed E-state index contributed by atoms with van der Waals surface area (Å²) in [4.78, 5) is 26.0. The molecule has 1 atom stereocenters. The summed E-state index contributed by atoms with van der Waals surface area (Å²) in [5.41, 5.74) is 1.38. The first kappa shape index (κ1) is 18.9. The van der Waals surface area contributed by atoms with Crippen molar-refractivity contribution in [2.75, 3.05) is 0 Å². The third kappa shape index (κ3) is 4.45. The van der Waals surface area contributed by atoms with Crippen molar-refractivity contribution in [2.24, 2.45) is 0 Å². The number of carboxylic acids is 1. The van der Waals surface area contributed by atoms with Gasteiger partial charge in [0, 0.05) is 15.0 Å². The maximum atomic E-state index is 12.7. The zero-order chi connectivity index (χ0) is 18.7. The molecule has 1 N–H and O–H groups in total. The monoisotopic (exact) mass is 481 g/mol. The molecule has 7 heteroatoms. The van der Waals surface area contributed by atoms with Crippen LogP contribution in [0, 0.1) is 0 Å². The molecule has 136 valence electrons. The highest BCUT2D eigenvalue weighted by molar-refractivity contribution is 9.13. The van der Waals surface area contributed by atoms with Crippen LogP contribution in [0.1, 0.15) is 30.0 Å². The molecule has 1 fully saturated rings. The molecule has 3 rings (SSSR count). The van der Waals surface area contributed by atoms with Crippen molar-refractivity contribution in [3.63, 3.8) is 0 Å². The number of hydrogen-bond acceptors (Lipinski definition) is 3. The highest BCUT2D eigenvalue weighted by atomic mass is 79.9. The second-order valence-electron chi connectivity index (χ2n) is 6.09. The fourth-order valence-electron chi connectivity index (χ4n) is 2.72. The van der Waals surface area contributed by atoms with Gasteiger partial charge in [-0.05, 0) is 68.0 Å². The Morgan fingerprint density at radius 3 is 2.38 bits per heavy atom. The average Bonchev–Trinajstić information content (AvgIpc) is 3.45. The minimum absolute atomic E-state index is 0.109. The number of benzene rings is 2. The minimum Gasteiger partial charge on any atom is -0.479 e. The first-order chi connectivity index (χ1) is 12.5. The Hall–Kier alpha value is -1.86. The van der Waals surface area contributed by atoms with Crippen LogP contribution in [0.2, 0.25) is 0 Å². The van der Waals surface area contributed by atoms with Crippen LogP contribution in [0.25, 0.3) is 0 Å². The van der Waals surface area contributed by atoms with Crippen molar-refractivity contribution < 1.29 is 19.4 Å². The molecule has 1 saturated carbocycles. The van der Waals surface area contributed by atoms with Crippen LogP contribution in [0.3, 0.4) is 0 Å². The van der Waals surface area contributed by atoms with Crippen molar-refractivity contribution in [3.8, 4) is 0 Å². The number of aliphatic carboxylic acids is 1. The van der Waals surface area contributed by atoms with Crippen LogP contribution in [-0.2, 0) is 16.1 Å². The zero-order valence-electron chi connectivity index (χ0n) is 13.8. The molecule has 0 spiro atoms. The molecule has 2 aromatic carbocycles. The molecule has 0 aromatic heterocycles. The number of carbonyl (C=O) groups excluding carboxylic acids is 1. The predicted octanol–water partition coefficient (Wildman–Crippen LogP) is 5.14. The van der Waals surface area contributed by atoms with Crippen LogP contribution in [-0.4, -0.2) is 28.1 Å². The van der Waals surface area contributed by atoms with Gasteiger partial charge < -0.3 is 9.84 Å². The molecule has 26 heavy (non-hydrogen) atoms. The number of ether oxygens (including phenoxy) is 1. The Bertz CT molecular complexity index is 808. The topological polar surface area (TPSA) is 66.8 Å². The van der Waals surface area contributed by atoms with E-state index in [1.165, 1.54) is 4.90 Å². The summed E-state index contributed by atoms with van der Waals surface area (Å²) >= 11 is 6.76. The maximum Gasteiger partial charge on any atom is 0.411 e. The normalized spacial score (nSPS) is 14.5. The second kappa shape index (κ2) is 8.22. The van der Waals surface area contributed by atoms with Crippen LogP contribution in [0.4, 0.5) is 4.79 Å². The Balaban J connectivity index is 1.82. The highest BCUT2D eigenvalue weighted by Gasteiger charge is 2.42. The van der Waals surface area contributed by atoms with Crippen molar-refractivity contribution in [2.45, 2.75) is 31.5 Å². The molecule has 0 radical (unpaired) electrons. The van der Waals surface area contributed by atoms with Gasteiger partial charge in [-0.1, -0.05) is 36.4 Å². The molecule has 0 bridgehead atoms. The first-order valence-corrected chi connectivity index (χ1v) is 9.72. The van der Waals surface area contributed by atoms with Gasteiger partial charge in [0.05, 0.1) is 0 Å². The van der Waals surface area contributed by atoms with E-state index in [4.69, 9.17) is 4.74 Å². The van der Waals surface area contributed by atoms with Gasteiger partial charge in [-0.15, -0.1) is 0 Å². The first-order valence-electron chi connectivity index (χ1n) is 8.14. The minimum atomic E-state index is -1.09. The molecule has 0 aliphatic heterocycles. The van der Waals surface area contributed by atoms with Gasteiger partial charge in [-0.2, -0.15) is 0 Å². The highest BCUT2D eigenvalue weighted by Crippen LogP contribution is 2.37. The van der Waals surface area contributed by atoms with E-state index in [2.05, 4.69) is 31.9 Å². The van der Waals surface area contributed by atoms with E-state index in [1.807, 2.05) is 30.3 Å². The number of hydrogen-bond donors (Lipinski definition) is 1. The van der Waals surface area contributed by atoms with E-state index in [-0.39, 0.29) is 12.6 Å². The van der Waals surface area contributed by atoms with Gasteiger partial charge in [0.15, 0.2) is 6.04 Å². The largest absolute Gasteiger partial charge is 0.479 e. The van der Waals surface area contributed by atoms with E-state index >= 15 is 0 Å². The van der Waals surface area contributed by atoms with Gasteiger partial charge in [-0.25, -0.2) is 9.59 Å². The number of rotatable bonds is 6. The molecule has 1 unspecified atom stereocenters. The summed E-state index contributed by atoms with van der Waals surface area (Å²) in [6.07, 6.45) is 0.951. The van der Waals surface area contributed by atoms with Crippen molar-refractivity contribution in [1.29, 1.82) is 0 Å². The molecular formula is C19H17Br2NO4. The lowest BCUT2D eigenvalue weighted by Gasteiger charge is -2.28. The van der Waals surface area contributed by atoms with E-state index in [9.17, 15) is 14.7 Å². The van der Waals surface area contributed by atoms with Crippen molar-refractivity contribution in [3.05, 3.63) is 68.6 Å². The van der Waals surface area contributed by atoms with Gasteiger partial charge in [0.25, 0.3) is 0 Å². The maximum absolute atomic E-state index is 12.7. The summed E-state index contributed by atoms with van der Waals surface area (Å²) in [6.45, 7) is 0.110. The van der Waals surface area contributed by atoms with Gasteiger partial charge in [0.1, 0.15) is 6.61 Å². The Morgan fingerprint density at radius 2 is 1.81 bits per heavy atom. The lowest BCUT2D eigenvalue weighted by atomic mass is 10.1. The average molecular weight is 483 g/mol. The van der Waals surface area contributed by atoms with Crippen molar-refractivity contribution in [1.82, 2.24) is 4.90 Å². The van der Waals surface area contributed by atoms with E-state index in [0.717, 1.165) is 27.4 Å². The number of carboxylic acid groups (broad SMARTS) is 1. The predicted molar refractivity (Wildman–Crippen MR) is 104 cm³/mol. The van der Waals surface area contributed by atoms with E-state index < -0.39 is 18.1 Å². The standard InChI is InChI=1S/C19H17Br2NO4/c20-15-9-6-13(10-16(15)21)17(18(23)24)22(14-7-8-14)19(25)26-11-12-4-2-1-3-5-12/h1-6,9-10,14,17H,7-8,11H2,(H,23,24). The van der Waals surface area contributed by atoms with Crippen LogP contribution >= 0.6 is 31.9 Å². The number of nitrogens with zero attached hydrogens (tertiary/aromatic N) is 1. The molecule has 5 nitrogen and oxygen atoms in total. The Kier molecular flexibility index (Phi) is 5.98. The Morgan fingerprint density at radius 1 is 1.12 bits per heavy atom. The van der Waals surface area contributed by atoms with Gasteiger partial charge in [0.2, 0.25) is 0 Å². The summed E-state index contributed by atoms with van der Waals surface area (Å²) in [6, 6.07) is 13.3. The van der Waals surface area contributed by atoms with Crippen LogP contribution in [0.15, 0.2) is 57.5 Å². The molecule has 1 amide bonds. The quantitative estimate of drug-likeness (QED) is 0.619. The molecule has 0 heterocycles. The smallest absolute Gasteiger partial charge is 0.411 e. The SMILES string of the molecule is O=C(O)C(c1ccc(Br)c(Br)c1)N(C(=O)OCc1ccccc1)C1CC1. The third-order valence-electron chi connectivity index (χ3n) is 4.13. The van der Waals surface area contributed by atoms with Crippen LogP contribution in [0.5, 0.6) is 0 Å². The fourth-order valence-corrected chi connectivity index (χ4v) is 3.36. The van der Waals surface area contributed by atoms with Crippen molar-refractivity contribution >= 4 is 43.9 Å². The third-order valence-corrected chi connectivity index (χ3v) is 6.01. The lowest BCUT2D eigenvalue weighted by molar-refractivity contribution is -0.143. The van der Waals surface area contributed by atoms with E-state index in [0.29, 0.717) is 5.56 Å². The van der Waals surface area contributed by atoms with E-state index in [1.54, 1.807) is 18.2 Å². The number of amides is 1. The van der Waals surface area contributed by atoms with Gasteiger partial charge in [-0.3, -0.25) is 4.90 Å². The van der Waals surface area contributed by atoms with Gasteiger partial charge >= 0.3 is 12.1 Å². The zero-order valence-corrected chi connectivity index (χ0v) is 16.9. The lowest BCUT2D eigenvalue weighted by Crippen LogP contribution is -2.41. The molecule has 1 aliphatic carbocycles. The fraction of sp³-hybridized carbons (Fsp3) is 0.263. The summed E-state index contributed by atoms with van der Waals surface area (Å²) in [7, 11) is 0. The second-order valence-corrected chi connectivity index (χ2v) is 7.80. The number of carbonyl (C=O) groups is 2. The number of halogens is 2. The molecule has 2 aromatic rings. The van der Waals surface area contributed by atoms with Crippen LogP contribution < -0.4 is 0 Å². The summed E-state index contributed by atoms with van der Waals surface area (Å²) in [5, 5.41) is 9.79. The molecular weight excluding hydrogens is 466 g/mol. The summed E-state index contributed by atoms with van der Waals surface area (Å²) < 4.78 is 6.95. The molecule has 0 saturated heterocycles. The Labute approximate surface area is 168 Å². The molecule has 1 aliphatic rings. The summed E-state index contributed by atoms with van der Waals surface area (Å²) in [5.74, 6) is -1.08.